The van der Waals surface area contributed by atoms with E-state index >= 15 is 0 Å². The molecule has 3 aromatic rings. The molecule has 1 atom stereocenters. The van der Waals surface area contributed by atoms with Gasteiger partial charge in [-0.3, -0.25) is 0 Å². The van der Waals surface area contributed by atoms with Crippen LogP contribution < -0.4 is 24.7 Å². The second kappa shape index (κ2) is 13.6. The summed E-state index contributed by atoms with van der Waals surface area (Å²) in [7, 11) is 0. The summed E-state index contributed by atoms with van der Waals surface area (Å²) in [4.78, 5) is 12.4. The molecule has 1 heterocycles. The van der Waals surface area contributed by atoms with Crippen molar-refractivity contribution >= 4 is 5.97 Å². The first-order valence-corrected chi connectivity index (χ1v) is 13.7. The first-order valence-electron chi connectivity index (χ1n) is 13.7. The lowest BCUT2D eigenvalue weighted by molar-refractivity contribution is -0.136. The average Bonchev–Trinajstić information content (AvgIpc) is 2.95. The molecule has 0 aliphatic carbocycles. The molecule has 0 bridgehead atoms. The molecular formula is C33H36N2O5. The molecule has 1 unspecified atom stereocenters. The Balaban J connectivity index is 1.43. The summed E-state index contributed by atoms with van der Waals surface area (Å²) in [6, 6.07) is 20.6. The van der Waals surface area contributed by atoms with Gasteiger partial charge in [0.15, 0.2) is 6.61 Å². The van der Waals surface area contributed by atoms with Crippen LogP contribution in [0.4, 0.5) is 0 Å². The largest absolute Gasteiger partial charge is 0.494 e. The van der Waals surface area contributed by atoms with Crippen LogP contribution >= 0.6 is 0 Å². The van der Waals surface area contributed by atoms with Crippen LogP contribution in [0.1, 0.15) is 67.2 Å². The van der Waals surface area contributed by atoms with Crippen molar-refractivity contribution in [2.75, 3.05) is 13.2 Å². The number of carbonyl (C=O) groups is 1. The standard InChI is InChI=1S/C33H36N2O5/c1-4-5-6-7-8-17-37-25-13-10-24(11-14-25)32-28-16-15-27(19-30(28)40-33(35)29(32)20-34)39-31(36)21-38-26-12-9-22(2)23(3)18-26/h9-16,18-19,32H,4-8,17,21,35H2,1-3H3. The molecule has 0 radical (unpaired) electrons. The summed E-state index contributed by atoms with van der Waals surface area (Å²) >= 11 is 0. The average molecular weight is 541 g/mol. The third-order valence-electron chi connectivity index (χ3n) is 6.99. The Morgan fingerprint density at radius 3 is 2.35 bits per heavy atom. The van der Waals surface area contributed by atoms with Crippen LogP contribution in [-0.2, 0) is 4.79 Å². The fourth-order valence-corrected chi connectivity index (χ4v) is 4.60. The molecular weight excluding hydrogens is 504 g/mol. The van der Waals surface area contributed by atoms with Crippen LogP contribution in [0.15, 0.2) is 72.1 Å². The summed E-state index contributed by atoms with van der Waals surface area (Å²) in [5.41, 5.74) is 10.3. The molecule has 7 nitrogen and oxygen atoms in total. The van der Waals surface area contributed by atoms with Crippen LogP contribution in [0.3, 0.4) is 0 Å². The third-order valence-corrected chi connectivity index (χ3v) is 6.99. The fraction of sp³-hybridized carbons (Fsp3) is 0.333. The molecule has 0 saturated carbocycles. The Morgan fingerprint density at radius 1 is 0.900 bits per heavy atom. The van der Waals surface area contributed by atoms with E-state index in [9.17, 15) is 10.1 Å². The molecule has 0 amide bonds. The number of benzene rings is 3. The number of rotatable bonds is 12. The maximum atomic E-state index is 12.4. The number of hydrogen-bond acceptors (Lipinski definition) is 7. The van der Waals surface area contributed by atoms with Gasteiger partial charge in [-0.25, -0.2) is 4.79 Å². The molecule has 0 saturated heterocycles. The molecule has 1 aliphatic rings. The number of esters is 1. The highest BCUT2D eigenvalue weighted by atomic mass is 16.6. The van der Waals surface area contributed by atoms with Gasteiger partial charge in [-0.15, -0.1) is 0 Å². The Morgan fingerprint density at radius 2 is 1.62 bits per heavy atom. The molecule has 208 valence electrons. The summed E-state index contributed by atoms with van der Waals surface area (Å²) in [5.74, 6) is 1.15. The van der Waals surface area contributed by atoms with Gasteiger partial charge < -0.3 is 24.7 Å². The van der Waals surface area contributed by atoms with Crippen molar-refractivity contribution in [2.24, 2.45) is 5.73 Å². The van der Waals surface area contributed by atoms with E-state index in [1.807, 2.05) is 56.3 Å². The summed E-state index contributed by atoms with van der Waals surface area (Å²) < 4.78 is 22.7. The quantitative estimate of drug-likeness (QED) is 0.152. The summed E-state index contributed by atoms with van der Waals surface area (Å²) in [6.07, 6.45) is 5.89. The zero-order valence-corrected chi connectivity index (χ0v) is 23.4. The predicted molar refractivity (Wildman–Crippen MR) is 153 cm³/mol. The monoisotopic (exact) mass is 540 g/mol. The number of unbranched alkanes of at least 4 members (excludes halogenated alkanes) is 4. The summed E-state index contributed by atoms with van der Waals surface area (Å²) in [6.45, 7) is 6.64. The second-order valence-corrected chi connectivity index (χ2v) is 9.96. The highest BCUT2D eigenvalue weighted by molar-refractivity contribution is 5.74. The third kappa shape index (κ3) is 7.15. The van der Waals surface area contributed by atoms with Crippen molar-refractivity contribution in [3.05, 3.63) is 94.4 Å². The van der Waals surface area contributed by atoms with Crippen molar-refractivity contribution in [2.45, 2.75) is 58.8 Å². The molecule has 40 heavy (non-hydrogen) atoms. The Bertz CT molecular complexity index is 1410. The van der Waals surface area contributed by atoms with E-state index in [4.69, 9.17) is 24.7 Å². The lowest BCUT2D eigenvalue weighted by Gasteiger charge is -2.26. The Kier molecular flexibility index (Phi) is 9.69. The van der Waals surface area contributed by atoms with Gasteiger partial charge in [0.2, 0.25) is 5.88 Å². The van der Waals surface area contributed by atoms with Crippen LogP contribution in [0.2, 0.25) is 0 Å². The van der Waals surface area contributed by atoms with Gasteiger partial charge in [0.05, 0.1) is 12.5 Å². The zero-order valence-electron chi connectivity index (χ0n) is 23.4. The number of fused-ring (bicyclic) bond motifs is 1. The molecule has 1 aliphatic heterocycles. The number of ether oxygens (including phenoxy) is 4. The number of hydrogen-bond donors (Lipinski definition) is 1. The number of nitrogens with two attached hydrogens (primary N) is 1. The van der Waals surface area contributed by atoms with Crippen molar-refractivity contribution in [1.82, 2.24) is 0 Å². The SMILES string of the molecule is CCCCCCCOc1ccc(C2C(C#N)=C(N)Oc3cc(OC(=O)COc4ccc(C)c(C)c4)ccc32)cc1. The van der Waals surface area contributed by atoms with E-state index in [-0.39, 0.29) is 12.5 Å². The maximum Gasteiger partial charge on any atom is 0.349 e. The van der Waals surface area contributed by atoms with Crippen molar-refractivity contribution in [3.8, 4) is 29.1 Å². The smallest absolute Gasteiger partial charge is 0.349 e. The molecule has 7 heteroatoms. The van der Waals surface area contributed by atoms with Crippen LogP contribution in [-0.4, -0.2) is 19.2 Å². The molecule has 0 aromatic heterocycles. The number of nitriles is 1. The summed E-state index contributed by atoms with van der Waals surface area (Å²) in [5, 5.41) is 9.86. The molecule has 3 aromatic carbocycles. The molecule has 2 N–H and O–H groups in total. The van der Waals surface area contributed by atoms with E-state index in [1.54, 1.807) is 18.2 Å². The van der Waals surface area contributed by atoms with Gasteiger partial charge in [-0.1, -0.05) is 56.9 Å². The zero-order chi connectivity index (χ0) is 28.5. The number of allylic oxidation sites excluding steroid dienone is 1. The normalized spacial score (nSPS) is 14.1. The number of nitrogens with zero attached hydrogens (tertiary/aromatic N) is 1. The highest BCUT2D eigenvalue weighted by Crippen LogP contribution is 2.43. The predicted octanol–water partition coefficient (Wildman–Crippen LogP) is 6.86. The van der Waals surface area contributed by atoms with Gasteiger partial charge in [0.1, 0.15) is 34.6 Å². The van der Waals surface area contributed by atoms with Crippen LogP contribution in [0.5, 0.6) is 23.0 Å². The van der Waals surface area contributed by atoms with E-state index in [0.717, 1.165) is 40.8 Å². The van der Waals surface area contributed by atoms with Crippen LogP contribution in [0.25, 0.3) is 0 Å². The lowest BCUT2D eigenvalue weighted by Crippen LogP contribution is -2.21. The van der Waals surface area contributed by atoms with E-state index in [0.29, 0.717) is 29.4 Å². The van der Waals surface area contributed by atoms with E-state index < -0.39 is 11.9 Å². The topological polar surface area (TPSA) is 104 Å². The van der Waals surface area contributed by atoms with Gasteiger partial charge in [-0.2, -0.15) is 5.26 Å². The van der Waals surface area contributed by atoms with Gasteiger partial charge in [0.25, 0.3) is 0 Å². The Labute approximate surface area is 236 Å². The molecule has 0 spiro atoms. The van der Waals surface area contributed by atoms with Crippen molar-refractivity contribution in [1.29, 1.82) is 5.26 Å². The minimum absolute atomic E-state index is 0.0222. The van der Waals surface area contributed by atoms with Gasteiger partial charge in [-0.05, 0) is 67.3 Å². The first-order chi connectivity index (χ1) is 19.4. The lowest BCUT2D eigenvalue weighted by atomic mass is 9.83. The van der Waals surface area contributed by atoms with Crippen molar-refractivity contribution < 1.29 is 23.7 Å². The fourth-order valence-electron chi connectivity index (χ4n) is 4.60. The maximum absolute atomic E-state index is 12.4. The van der Waals surface area contributed by atoms with Crippen LogP contribution in [0, 0.1) is 25.2 Å². The first kappa shape index (κ1) is 28.6. The Hall–Kier alpha value is -4.44. The molecule has 4 rings (SSSR count). The van der Waals surface area contributed by atoms with Gasteiger partial charge in [0, 0.05) is 11.6 Å². The van der Waals surface area contributed by atoms with E-state index in [1.165, 1.54) is 19.3 Å². The van der Waals surface area contributed by atoms with Crippen molar-refractivity contribution in [3.63, 3.8) is 0 Å². The van der Waals surface area contributed by atoms with Gasteiger partial charge >= 0.3 is 5.97 Å². The number of aryl methyl sites for hydroxylation is 2. The minimum atomic E-state index is -0.548. The second-order valence-electron chi connectivity index (χ2n) is 9.96. The molecule has 0 fully saturated rings. The number of carbonyl (C=O) groups excluding carboxylic acids is 1. The minimum Gasteiger partial charge on any atom is -0.494 e. The highest BCUT2D eigenvalue weighted by Gasteiger charge is 2.31. The van der Waals surface area contributed by atoms with E-state index in [2.05, 4.69) is 13.0 Å².